The first-order chi connectivity index (χ1) is 8.24. The lowest BCUT2D eigenvalue weighted by atomic mass is 9.83. The largest absolute Gasteiger partial charge is 0.315 e. The lowest BCUT2D eigenvalue weighted by Gasteiger charge is -2.24. The SMILES string of the molecule is CCc1nc(C2CCC(C)CC2)sc1CNC. The van der Waals surface area contributed by atoms with Crippen molar-refractivity contribution in [1.82, 2.24) is 10.3 Å². The van der Waals surface area contributed by atoms with E-state index >= 15 is 0 Å². The van der Waals surface area contributed by atoms with Gasteiger partial charge in [0.15, 0.2) is 0 Å². The van der Waals surface area contributed by atoms with Gasteiger partial charge in [-0.05, 0) is 32.2 Å². The summed E-state index contributed by atoms with van der Waals surface area (Å²) < 4.78 is 0. The molecule has 1 fully saturated rings. The Kier molecular flexibility index (Phi) is 4.57. The van der Waals surface area contributed by atoms with E-state index in [4.69, 9.17) is 4.98 Å². The fraction of sp³-hybridized carbons (Fsp3) is 0.786. The first kappa shape index (κ1) is 13.0. The van der Waals surface area contributed by atoms with E-state index in [2.05, 4.69) is 19.2 Å². The summed E-state index contributed by atoms with van der Waals surface area (Å²) in [6.45, 7) is 5.56. The van der Waals surface area contributed by atoms with Crippen molar-refractivity contribution in [2.24, 2.45) is 5.92 Å². The molecule has 1 saturated carbocycles. The fourth-order valence-corrected chi connectivity index (χ4v) is 3.99. The Balaban J connectivity index is 2.10. The summed E-state index contributed by atoms with van der Waals surface area (Å²) in [7, 11) is 2.02. The second-order valence-corrected chi connectivity index (χ2v) is 6.38. The number of thiazole rings is 1. The first-order valence-corrected chi connectivity index (χ1v) is 7.69. The van der Waals surface area contributed by atoms with E-state index in [-0.39, 0.29) is 0 Å². The molecule has 1 heterocycles. The van der Waals surface area contributed by atoms with Gasteiger partial charge in [0, 0.05) is 17.3 Å². The highest BCUT2D eigenvalue weighted by Gasteiger charge is 2.23. The minimum absolute atomic E-state index is 0.743. The summed E-state index contributed by atoms with van der Waals surface area (Å²) in [5.74, 6) is 1.67. The minimum atomic E-state index is 0.743. The van der Waals surface area contributed by atoms with Gasteiger partial charge in [-0.1, -0.05) is 26.7 Å². The molecule has 96 valence electrons. The number of nitrogens with zero attached hydrogens (tertiary/aromatic N) is 1. The van der Waals surface area contributed by atoms with Crippen LogP contribution in [-0.4, -0.2) is 12.0 Å². The van der Waals surface area contributed by atoms with Crippen molar-refractivity contribution in [1.29, 1.82) is 0 Å². The highest BCUT2D eigenvalue weighted by atomic mass is 32.1. The van der Waals surface area contributed by atoms with E-state index in [1.807, 2.05) is 18.4 Å². The van der Waals surface area contributed by atoms with Gasteiger partial charge in [0.2, 0.25) is 0 Å². The van der Waals surface area contributed by atoms with E-state index in [1.165, 1.54) is 41.3 Å². The van der Waals surface area contributed by atoms with Gasteiger partial charge in [-0.2, -0.15) is 0 Å². The zero-order valence-electron chi connectivity index (χ0n) is 11.3. The molecule has 2 nitrogen and oxygen atoms in total. The molecular formula is C14H24N2S. The lowest BCUT2D eigenvalue weighted by Crippen LogP contribution is -2.10. The maximum Gasteiger partial charge on any atom is 0.0962 e. The molecule has 0 aromatic carbocycles. The molecule has 1 aliphatic carbocycles. The maximum absolute atomic E-state index is 4.87. The topological polar surface area (TPSA) is 24.9 Å². The molecule has 0 aliphatic heterocycles. The zero-order chi connectivity index (χ0) is 12.3. The zero-order valence-corrected chi connectivity index (χ0v) is 12.1. The molecular weight excluding hydrogens is 228 g/mol. The Labute approximate surface area is 109 Å². The fourth-order valence-electron chi connectivity index (χ4n) is 2.66. The monoisotopic (exact) mass is 252 g/mol. The molecule has 17 heavy (non-hydrogen) atoms. The molecule has 0 radical (unpaired) electrons. The highest BCUT2D eigenvalue weighted by molar-refractivity contribution is 7.11. The van der Waals surface area contributed by atoms with Crippen LogP contribution in [0.3, 0.4) is 0 Å². The average Bonchev–Trinajstić information content (AvgIpc) is 2.74. The van der Waals surface area contributed by atoms with Crippen molar-refractivity contribution in [3.8, 4) is 0 Å². The summed E-state index contributed by atoms with van der Waals surface area (Å²) in [5.41, 5.74) is 1.32. The van der Waals surface area contributed by atoms with Crippen LogP contribution < -0.4 is 5.32 Å². The molecule has 3 heteroatoms. The van der Waals surface area contributed by atoms with Crippen molar-refractivity contribution in [3.63, 3.8) is 0 Å². The number of nitrogens with one attached hydrogen (secondary N) is 1. The third kappa shape index (κ3) is 3.08. The molecule has 0 bridgehead atoms. The summed E-state index contributed by atoms with van der Waals surface area (Å²) in [6, 6.07) is 0. The van der Waals surface area contributed by atoms with Crippen LogP contribution in [0.4, 0.5) is 0 Å². The van der Waals surface area contributed by atoms with E-state index in [0.29, 0.717) is 0 Å². The number of hydrogen-bond acceptors (Lipinski definition) is 3. The van der Waals surface area contributed by atoms with E-state index < -0.39 is 0 Å². The van der Waals surface area contributed by atoms with Gasteiger partial charge in [-0.15, -0.1) is 11.3 Å². The van der Waals surface area contributed by atoms with Crippen LogP contribution >= 0.6 is 11.3 Å². The molecule has 0 amide bonds. The van der Waals surface area contributed by atoms with Crippen LogP contribution in [-0.2, 0) is 13.0 Å². The quantitative estimate of drug-likeness (QED) is 0.883. The van der Waals surface area contributed by atoms with Crippen LogP contribution in [0, 0.1) is 5.92 Å². The second-order valence-electron chi connectivity index (χ2n) is 5.26. The van der Waals surface area contributed by atoms with Crippen molar-refractivity contribution in [2.75, 3.05) is 7.05 Å². The Hall–Kier alpha value is -0.410. The molecule has 0 saturated heterocycles. The van der Waals surface area contributed by atoms with Gasteiger partial charge in [0.05, 0.1) is 10.7 Å². The predicted molar refractivity (Wildman–Crippen MR) is 74.6 cm³/mol. The van der Waals surface area contributed by atoms with E-state index in [1.54, 1.807) is 0 Å². The Morgan fingerprint density at radius 3 is 2.59 bits per heavy atom. The van der Waals surface area contributed by atoms with Crippen molar-refractivity contribution >= 4 is 11.3 Å². The predicted octanol–water partition coefficient (Wildman–Crippen LogP) is 3.72. The van der Waals surface area contributed by atoms with E-state index in [9.17, 15) is 0 Å². The van der Waals surface area contributed by atoms with Crippen molar-refractivity contribution in [2.45, 2.75) is 58.4 Å². The molecule has 1 aromatic heterocycles. The number of hydrogen-bond donors (Lipinski definition) is 1. The van der Waals surface area contributed by atoms with Gasteiger partial charge in [-0.3, -0.25) is 0 Å². The molecule has 1 aliphatic rings. The van der Waals surface area contributed by atoms with Crippen LogP contribution in [0.5, 0.6) is 0 Å². The highest BCUT2D eigenvalue weighted by Crippen LogP contribution is 2.38. The van der Waals surface area contributed by atoms with Crippen LogP contribution in [0.25, 0.3) is 0 Å². The molecule has 0 spiro atoms. The second kappa shape index (κ2) is 5.96. The van der Waals surface area contributed by atoms with Crippen LogP contribution in [0.2, 0.25) is 0 Å². The number of aromatic nitrogens is 1. The Morgan fingerprint density at radius 1 is 1.29 bits per heavy atom. The van der Waals surface area contributed by atoms with Crippen molar-refractivity contribution in [3.05, 3.63) is 15.6 Å². The Bertz CT molecular complexity index is 351. The van der Waals surface area contributed by atoms with Gasteiger partial charge in [0.1, 0.15) is 0 Å². The van der Waals surface area contributed by atoms with Gasteiger partial charge in [-0.25, -0.2) is 4.98 Å². The van der Waals surface area contributed by atoms with Gasteiger partial charge >= 0.3 is 0 Å². The van der Waals surface area contributed by atoms with Crippen LogP contribution in [0.15, 0.2) is 0 Å². The number of rotatable bonds is 4. The third-order valence-corrected chi connectivity index (χ3v) is 5.09. The molecule has 0 unspecified atom stereocenters. The average molecular weight is 252 g/mol. The maximum atomic E-state index is 4.87. The van der Waals surface area contributed by atoms with Crippen molar-refractivity contribution < 1.29 is 0 Å². The molecule has 1 N–H and O–H groups in total. The van der Waals surface area contributed by atoms with Gasteiger partial charge < -0.3 is 5.32 Å². The van der Waals surface area contributed by atoms with Crippen LogP contribution in [0.1, 0.15) is 61.0 Å². The van der Waals surface area contributed by atoms with Gasteiger partial charge in [0.25, 0.3) is 0 Å². The number of aryl methyl sites for hydroxylation is 1. The summed E-state index contributed by atoms with van der Waals surface area (Å²) in [6.07, 6.45) is 6.52. The normalized spacial score (nSPS) is 25.1. The molecule has 0 atom stereocenters. The first-order valence-electron chi connectivity index (χ1n) is 6.87. The smallest absolute Gasteiger partial charge is 0.0962 e. The molecule has 1 aromatic rings. The Morgan fingerprint density at radius 2 is 2.00 bits per heavy atom. The molecule has 2 rings (SSSR count). The summed E-state index contributed by atoms with van der Waals surface area (Å²) in [4.78, 5) is 6.32. The third-order valence-electron chi connectivity index (χ3n) is 3.83. The summed E-state index contributed by atoms with van der Waals surface area (Å²) in [5, 5.41) is 4.65. The van der Waals surface area contributed by atoms with E-state index in [0.717, 1.165) is 24.8 Å². The minimum Gasteiger partial charge on any atom is -0.315 e. The lowest BCUT2D eigenvalue weighted by molar-refractivity contribution is 0.347. The summed E-state index contributed by atoms with van der Waals surface area (Å²) >= 11 is 1.94. The standard InChI is InChI=1S/C14H24N2S/c1-4-12-13(9-15-3)17-14(16-12)11-7-5-10(2)6-8-11/h10-11,15H,4-9H2,1-3H3.